The Balaban J connectivity index is 1.28. The minimum Gasteiger partial charge on any atom is -0.449 e. The summed E-state index contributed by atoms with van der Waals surface area (Å²) >= 11 is 0. The molecule has 0 saturated heterocycles. The lowest BCUT2D eigenvalue weighted by atomic mass is 9.98. The van der Waals surface area contributed by atoms with E-state index in [1.54, 1.807) is 0 Å². The van der Waals surface area contributed by atoms with E-state index in [9.17, 15) is 19.4 Å². The van der Waals surface area contributed by atoms with Crippen molar-refractivity contribution >= 4 is 6.09 Å². The lowest BCUT2D eigenvalue weighted by Crippen LogP contribution is -2.30. The van der Waals surface area contributed by atoms with Crippen LogP contribution in [0.25, 0.3) is 11.1 Å². The molecule has 0 bridgehead atoms. The highest BCUT2D eigenvalue weighted by Crippen LogP contribution is 2.44. The highest BCUT2D eigenvalue weighted by molar-refractivity contribution is 5.79. The van der Waals surface area contributed by atoms with Crippen LogP contribution in [0.15, 0.2) is 60.8 Å². The van der Waals surface area contributed by atoms with Gasteiger partial charge in [0.2, 0.25) is 5.95 Å². The van der Waals surface area contributed by atoms with Crippen molar-refractivity contribution in [3.8, 4) is 11.1 Å². The molecule has 6 nitrogen and oxygen atoms in total. The number of pyridine rings is 1. The maximum atomic E-state index is 13.3. The van der Waals surface area contributed by atoms with Gasteiger partial charge >= 0.3 is 6.09 Å². The Bertz CT molecular complexity index is 1080. The van der Waals surface area contributed by atoms with Crippen LogP contribution in [0.3, 0.4) is 0 Å². The molecule has 2 aromatic carbocycles. The molecule has 1 aliphatic rings. The summed E-state index contributed by atoms with van der Waals surface area (Å²) in [5.74, 6) is -0.651. The molecule has 2 atom stereocenters. The lowest BCUT2D eigenvalue weighted by molar-refractivity contribution is 0.0134. The number of hydrogen-bond acceptors (Lipinski definition) is 5. The van der Waals surface area contributed by atoms with E-state index in [-0.39, 0.29) is 31.1 Å². The van der Waals surface area contributed by atoms with Crippen molar-refractivity contribution < 1.29 is 24.1 Å². The number of carbonyl (C=O) groups is 1. The van der Waals surface area contributed by atoms with Gasteiger partial charge in [0.25, 0.3) is 0 Å². The first kappa shape index (κ1) is 21.9. The molecule has 0 saturated carbocycles. The minimum absolute atomic E-state index is 0.0326. The number of aliphatic hydroxyl groups excluding tert-OH is 2. The second-order valence-electron chi connectivity index (χ2n) is 7.93. The van der Waals surface area contributed by atoms with Crippen molar-refractivity contribution in [3.05, 3.63) is 89.0 Å². The van der Waals surface area contributed by atoms with Crippen LogP contribution in [0.5, 0.6) is 0 Å². The highest BCUT2D eigenvalue weighted by Gasteiger charge is 2.29. The van der Waals surface area contributed by atoms with Crippen LogP contribution < -0.4 is 5.32 Å². The van der Waals surface area contributed by atoms with E-state index in [2.05, 4.69) is 22.4 Å². The normalized spacial score (nSPS) is 14.4. The van der Waals surface area contributed by atoms with Gasteiger partial charge in [-0.05, 0) is 41.7 Å². The fraction of sp³-hybridized carbons (Fsp3) is 0.280. The smallest absolute Gasteiger partial charge is 0.407 e. The fourth-order valence-corrected chi connectivity index (χ4v) is 4.09. The Morgan fingerprint density at radius 2 is 1.75 bits per heavy atom. The molecular weight excluding hydrogens is 411 g/mol. The third-order valence-corrected chi connectivity index (χ3v) is 5.79. The Hall–Kier alpha value is -3.29. The minimum atomic E-state index is -1.23. The molecule has 4 rings (SSSR count). The number of rotatable bonds is 7. The van der Waals surface area contributed by atoms with Crippen molar-refractivity contribution in [2.24, 2.45) is 0 Å². The van der Waals surface area contributed by atoms with Gasteiger partial charge in [-0.25, -0.2) is 9.78 Å². The second kappa shape index (κ2) is 9.46. The summed E-state index contributed by atoms with van der Waals surface area (Å²) in [6, 6.07) is 17.6. The Labute approximate surface area is 185 Å². The summed E-state index contributed by atoms with van der Waals surface area (Å²) in [7, 11) is 0. The molecule has 0 spiro atoms. The number of benzene rings is 2. The van der Waals surface area contributed by atoms with Crippen molar-refractivity contribution in [3.63, 3.8) is 0 Å². The van der Waals surface area contributed by atoms with Crippen molar-refractivity contribution in [1.29, 1.82) is 0 Å². The third kappa shape index (κ3) is 4.49. The highest BCUT2D eigenvalue weighted by atomic mass is 19.1. The number of fused-ring (bicyclic) bond motifs is 3. The maximum absolute atomic E-state index is 13.3. The van der Waals surface area contributed by atoms with E-state index in [4.69, 9.17) is 4.74 Å². The van der Waals surface area contributed by atoms with Crippen LogP contribution in [-0.2, 0) is 4.74 Å². The fourth-order valence-electron chi connectivity index (χ4n) is 4.09. The number of aliphatic hydroxyl groups is 2. The monoisotopic (exact) mass is 436 g/mol. The van der Waals surface area contributed by atoms with Gasteiger partial charge in [-0.15, -0.1) is 0 Å². The van der Waals surface area contributed by atoms with Gasteiger partial charge < -0.3 is 20.3 Å². The number of aromatic nitrogens is 1. The van der Waals surface area contributed by atoms with Crippen LogP contribution >= 0.6 is 0 Å². The summed E-state index contributed by atoms with van der Waals surface area (Å²) in [5.41, 5.74) is 5.16. The van der Waals surface area contributed by atoms with Crippen LogP contribution in [-0.4, -0.2) is 40.5 Å². The zero-order valence-corrected chi connectivity index (χ0v) is 17.7. The van der Waals surface area contributed by atoms with E-state index >= 15 is 0 Å². The molecule has 2 unspecified atom stereocenters. The van der Waals surface area contributed by atoms with Gasteiger partial charge in [0.1, 0.15) is 12.7 Å². The molecule has 7 heteroatoms. The first-order chi connectivity index (χ1) is 15.5. The SMILES string of the molecule is Cc1cc(C(O)C(O)CCNC(=O)OCC2c3ccccc3-c3ccccc32)cnc1F. The largest absolute Gasteiger partial charge is 0.449 e. The van der Waals surface area contributed by atoms with Gasteiger partial charge in [-0.1, -0.05) is 48.5 Å². The number of halogens is 1. The number of amides is 1. The molecule has 0 aliphatic heterocycles. The molecular formula is C25H25FN2O4. The number of nitrogens with zero attached hydrogens (tertiary/aromatic N) is 1. The van der Waals surface area contributed by atoms with Gasteiger partial charge in [0.15, 0.2) is 0 Å². The average molecular weight is 436 g/mol. The molecule has 0 radical (unpaired) electrons. The van der Waals surface area contributed by atoms with E-state index in [1.165, 1.54) is 19.2 Å². The standard InChI is InChI=1S/C25H25FN2O4/c1-15-12-16(13-28-24(15)26)23(30)22(29)10-11-27-25(31)32-14-21-19-8-4-2-6-17(19)18-7-3-5-9-20(18)21/h2-9,12-13,21-23,29-30H,10-11,14H2,1H3,(H,27,31). The van der Waals surface area contributed by atoms with Crippen molar-refractivity contribution in [1.82, 2.24) is 10.3 Å². The van der Waals surface area contributed by atoms with Gasteiger partial charge in [0, 0.05) is 29.8 Å². The predicted molar refractivity (Wildman–Crippen MR) is 118 cm³/mol. The third-order valence-electron chi connectivity index (χ3n) is 5.79. The number of hydrogen-bond donors (Lipinski definition) is 3. The van der Waals surface area contributed by atoms with Gasteiger partial charge in [-0.2, -0.15) is 4.39 Å². The quantitative estimate of drug-likeness (QED) is 0.490. The van der Waals surface area contributed by atoms with Crippen LogP contribution in [0.4, 0.5) is 9.18 Å². The molecule has 166 valence electrons. The van der Waals surface area contributed by atoms with E-state index in [1.807, 2.05) is 36.4 Å². The molecule has 3 N–H and O–H groups in total. The molecule has 1 amide bonds. The number of alkyl carbamates (subject to hydrolysis) is 1. The Morgan fingerprint density at radius 3 is 2.38 bits per heavy atom. The average Bonchev–Trinajstić information content (AvgIpc) is 3.12. The van der Waals surface area contributed by atoms with Gasteiger partial charge in [-0.3, -0.25) is 0 Å². The van der Waals surface area contributed by atoms with E-state index < -0.39 is 24.2 Å². The Kier molecular flexibility index (Phi) is 6.48. The zero-order chi connectivity index (χ0) is 22.7. The molecule has 3 aromatic rings. The number of aryl methyl sites for hydroxylation is 1. The number of carbonyl (C=O) groups excluding carboxylic acids is 1. The topological polar surface area (TPSA) is 91.7 Å². The van der Waals surface area contributed by atoms with Crippen LogP contribution in [0, 0.1) is 12.9 Å². The van der Waals surface area contributed by atoms with Crippen LogP contribution in [0.2, 0.25) is 0 Å². The maximum Gasteiger partial charge on any atom is 0.407 e. The van der Waals surface area contributed by atoms with Crippen molar-refractivity contribution in [2.75, 3.05) is 13.2 Å². The summed E-state index contributed by atoms with van der Waals surface area (Å²) in [4.78, 5) is 15.8. The summed E-state index contributed by atoms with van der Waals surface area (Å²) in [6.45, 7) is 1.84. The molecule has 1 heterocycles. The number of ether oxygens (including phenoxy) is 1. The molecule has 1 aliphatic carbocycles. The van der Waals surface area contributed by atoms with Crippen LogP contribution in [0.1, 0.15) is 40.7 Å². The molecule has 32 heavy (non-hydrogen) atoms. The second-order valence-corrected chi connectivity index (χ2v) is 7.93. The summed E-state index contributed by atoms with van der Waals surface area (Å²) in [6.07, 6.45) is -1.67. The predicted octanol–water partition coefficient (Wildman–Crippen LogP) is 3.85. The lowest BCUT2D eigenvalue weighted by Gasteiger charge is -2.19. The molecule has 1 aromatic heterocycles. The van der Waals surface area contributed by atoms with E-state index in [0.29, 0.717) is 5.56 Å². The first-order valence-corrected chi connectivity index (χ1v) is 10.5. The molecule has 0 fully saturated rings. The Morgan fingerprint density at radius 1 is 1.12 bits per heavy atom. The first-order valence-electron chi connectivity index (χ1n) is 10.5. The summed E-state index contributed by atoms with van der Waals surface area (Å²) in [5, 5.41) is 23.1. The van der Waals surface area contributed by atoms with E-state index in [0.717, 1.165) is 22.3 Å². The van der Waals surface area contributed by atoms with Gasteiger partial charge in [0.05, 0.1) is 6.10 Å². The summed E-state index contributed by atoms with van der Waals surface area (Å²) < 4.78 is 18.7. The number of nitrogens with one attached hydrogen (secondary N) is 1. The zero-order valence-electron chi connectivity index (χ0n) is 17.7. The van der Waals surface area contributed by atoms with Crippen molar-refractivity contribution in [2.45, 2.75) is 31.5 Å².